The van der Waals surface area contributed by atoms with E-state index < -0.39 is 24.3 Å². The van der Waals surface area contributed by atoms with Crippen molar-refractivity contribution in [3.63, 3.8) is 0 Å². The molecule has 3 aliphatic heterocycles. The summed E-state index contributed by atoms with van der Waals surface area (Å²) < 4.78 is 26.4. The number of carbonyl (C=O) groups excluding carboxylic acids is 1. The predicted molar refractivity (Wildman–Crippen MR) is 170 cm³/mol. The molecule has 1 amide bonds. The number of benzene rings is 2. The number of aliphatic hydroxyl groups excluding tert-OH is 1. The molecule has 4 heterocycles. The molecular formula is C33H42FN7O4. The Bertz CT molecular complexity index is 1450. The number of aryl methyl sites for hydroxylation is 1. The van der Waals surface area contributed by atoms with Gasteiger partial charge in [-0.1, -0.05) is 0 Å². The summed E-state index contributed by atoms with van der Waals surface area (Å²) in [6.07, 6.45) is 0.931. The van der Waals surface area contributed by atoms with Crippen LogP contribution >= 0.6 is 0 Å². The number of halogens is 1. The highest BCUT2D eigenvalue weighted by Crippen LogP contribution is 2.29. The summed E-state index contributed by atoms with van der Waals surface area (Å²) in [5.41, 5.74) is 3.70. The van der Waals surface area contributed by atoms with Crippen LogP contribution in [0.4, 0.5) is 21.7 Å². The van der Waals surface area contributed by atoms with E-state index >= 15 is 0 Å². The Balaban J connectivity index is 1.04. The number of alkyl halides is 1. The van der Waals surface area contributed by atoms with Gasteiger partial charge in [0.2, 0.25) is 5.95 Å². The molecule has 0 saturated carbocycles. The summed E-state index contributed by atoms with van der Waals surface area (Å²) in [6, 6.07) is 14.6. The number of amides is 1. The molecule has 0 radical (unpaired) electrons. The molecule has 0 aliphatic carbocycles. The van der Waals surface area contributed by atoms with Gasteiger partial charge in [0.05, 0.1) is 6.54 Å². The minimum Gasteiger partial charge on any atom is -0.487 e. The average Bonchev–Trinajstić information content (AvgIpc) is 3.07. The van der Waals surface area contributed by atoms with Crippen LogP contribution in [0.3, 0.4) is 0 Å². The van der Waals surface area contributed by atoms with Crippen molar-refractivity contribution in [1.82, 2.24) is 24.8 Å². The minimum absolute atomic E-state index is 0.0945. The number of piperidine rings is 1. The van der Waals surface area contributed by atoms with Crippen molar-refractivity contribution in [3.8, 4) is 17.1 Å². The van der Waals surface area contributed by atoms with E-state index in [-0.39, 0.29) is 6.54 Å². The van der Waals surface area contributed by atoms with Crippen LogP contribution in [-0.2, 0) is 9.53 Å². The monoisotopic (exact) mass is 619 g/mol. The molecule has 2 aromatic carbocycles. The molecule has 1 aromatic heterocycles. The second kappa shape index (κ2) is 14.1. The smallest absolute Gasteiger partial charge is 0.251 e. The van der Waals surface area contributed by atoms with E-state index in [1.807, 2.05) is 31.2 Å². The van der Waals surface area contributed by atoms with Crippen molar-refractivity contribution in [2.75, 3.05) is 62.7 Å². The van der Waals surface area contributed by atoms with E-state index in [1.54, 1.807) is 6.07 Å². The van der Waals surface area contributed by atoms with E-state index in [1.165, 1.54) is 23.8 Å². The van der Waals surface area contributed by atoms with Gasteiger partial charge in [-0.15, -0.1) is 0 Å². The molecule has 3 atom stereocenters. The van der Waals surface area contributed by atoms with Crippen LogP contribution in [0.25, 0.3) is 11.4 Å². The molecule has 0 spiro atoms. The lowest BCUT2D eigenvalue weighted by Crippen LogP contribution is -2.51. The predicted octanol–water partition coefficient (Wildman–Crippen LogP) is 3.59. The summed E-state index contributed by atoms with van der Waals surface area (Å²) >= 11 is 0. The topological polar surface area (TPSA) is 116 Å². The molecule has 12 heteroatoms. The molecule has 240 valence electrons. The summed E-state index contributed by atoms with van der Waals surface area (Å²) in [5.74, 6) is 1.05. The lowest BCUT2D eigenvalue weighted by atomic mass is 10.0. The maximum absolute atomic E-state index is 14.9. The van der Waals surface area contributed by atoms with E-state index in [0.717, 1.165) is 69.0 Å². The second-order valence-corrected chi connectivity index (χ2v) is 12.1. The summed E-state index contributed by atoms with van der Waals surface area (Å²) in [6.45, 7) is 9.47. The molecule has 6 rings (SSSR count). The van der Waals surface area contributed by atoms with Crippen molar-refractivity contribution in [2.24, 2.45) is 0 Å². The van der Waals surface area contributed by atoms with Crippen LogP contribution < -0.4 is 15.0 Å². The molecule has 0 unspecified atom stereocenters. The molecule has 3 fully saturated rings. The highest BCUT2D eigenvalue weighted by molar-refractivity contribution is 5.80. The number of anilines is 3. The van der Waals surface area contributed by atoms with Crippen molar-refractivity contribution < 1.29 is 23.8 Å². The van der Waals surface area contributed by atoms with E-state index in [2.05, 4.69) is 42.2 Å². The van der Waals surface area contributed by atoms with Gasteiger partial charge in [0.25, 0.3) is 5.91 Å². The van der Waals surface area contributed by atoms with Crippen LogP contribution in [0.2, 0.25) is 0 Å². The van der Waals surface area contributed by atoms with Gasteiger partial charge in [0.1, 0.15) is 24.3 Å². The number of aliphatic hydroxyl groups is 1. The Morgan fingerprint density at radius 3 is 2.49 bits per heavy atom. The zero-order valence-corrected chi connectivity index (χ0v) is 25.9. The number of hydrogen-bond donors (Lipinski definition) is 2. The highest BCUT2D eigenvalue weighted by atomic mass is 19.1. The largest absolute Gasteiger partial charge is 0.487 e. The Kier molecular flexibility index (Phi) is 9.72. The van der Waals surface area contributed by atoms with Crippen molar-refractivity contribution in [2.45, 2.75) is 57.5 Å². The molecule has 2 N–H and O–H groups in total. The van der Waals surface area contributed by atoms with Crippen LogP contribution in [0.5, 0.6) is 5.75 Å². The number of rotatable bonds is 8. The van der Waals surface area contributed by atoms with Gasteiger partial charge in [0.15, 0.2) is 12.0 Å². The molecule has 0 bridgehead atoms. The highest BCUT2D eigenvalue weighted by Gasteiger charge is 2.34. The molecule has 3 aliphatic rings. The average molecular weight is 620 g/mol. The minimum atomic E-state index is -1.35. The quantitative estimate of drug-likeness (QED) is 0.388. The van der Waals surface area contributed by atoms with Crippen LogP contribution in [0.15, 0.2) is 48.8 Å². The molecular weight excluding hydrogens is 577 g/mol. The van der Waals surface area contributed by atoms with Crippen LogP contribution in [0.1, 0.15) is 31.7 Å². The Morgan fingerprint density at radius 1 is 1.04 bits per heavy atom. The Hall–Kier alpha value is -3.87. The number of nitrogens with zero attached hydrogens (tertiary/aromatic N) is 6. The van der Waals surface area contributed by atoms with E-state index in [9.17, 15) is 14.3 Å². The maximum atomic E-state index is 14.9. The first-order chi connectivity index (χ1) is 21.8. The maximum Gasteiger partial charge on any atom is 0.251 e. The van der Waals surface area contributed by atoms with Gasteiger partial charge in [0, 0.05) is 75.3 Å². The number of ether oxygens (including phenoxy) is 2. The van der Waals surface area contributed by atoms with Gasteiger partial charge >= 0.3 is 0 Å². The third-order valence-corrected chi connectivity index (χ3v) is 8.94. The number of carbonyl (C=O) groups is 1. The number of piperazine rings is 1. The zero-order chi connectivity index (χ0) is 31.3. The van der Waals surface area contributed by atoms with Crippen LogP contribution in [-0.4, -0.2) is 113 Å². The van der Waals surface area contributed by atoms with Gasteiger partial charge in [-0.3, -0.25) is 9.69 Å². The Morgan fingerprint density at radius 2 is 1.80 bits per heavy atom. The molecule has 11 nitrogen and oxygen atoms in total. The third-order valence-electron chi connectivity index (χ3n) is 8.94. The first-order valence-corrected chi connectivity index (χ1v) is 15.9. The van der Waals surface area contributed by atoms with E-state index in [4.69, 9.17) is 9.47 Å². The number of aromatic nitrogens is 3. The van der Waals surface area contributed by atoms with E-state index in [0.29, 0.717) is 36.5 Å². The van der Waals surface area contributed by atoms with Gasteiger partial charge in [-0.2, -0.15) is 4.98 Å². The summed E-state index contributed by atoms with van der Waals surface area (Å²) in [4.78, 5) is 31.7. The molecule has 3 aromatic rings. The SMILES string of the molecule is Cc1cc(-c2ncnc(Nc3ccc(N4CCN(C5CCOCC5)CC4)cc3)n2)ccc1O[C@H]1CCN(C(=O)[C@H](C)O)C[C@H]1F. The van der Waals surface area contributed by atoms with Crippen molar-refractivity contribution in [1.29, 1.82) is 0 Å². The van der Waals surface area contributed by atoms with Gasteiger partial charge in [-0.05, 0) is 74.7 Å². The normalized spacial score (nSPS) is 22.2. The number of hydrogen-bond acceptors (Lipinski definition) is 10. The fourth-order valence-corrected chi connectivity index (χ4v) is 6.34. The second-order valence-electron chi connectivity index (χ2n) is 12.1. The lowest BCUT2D eigenvalue weighted by Gasteiger charge is -2.41. The number of likely N-dealkylation sites (tertiary alicyclic amines) is 1. The zero-order valence-electron chi connectivity index (χ0n) is 25.9. The van der Waals surface area contributed by atoms with Gasteiger partial charge in [-0.25, -0.2) is 14.4 Å². The third kappa shape index (κ3) is 7.51. The van der Waals surface area contributed by atoms with Gasteiger partial charge < -0.3 is 29.7 Å². The summed E-state index contributed by atoms with van der Waals surface area (Å²) in [7, 11) is 0. The van der Waals surface area contributed by atoms with Crippen molar-refractivity contribution >= 4 is 23.2 Å². The van der Waals surface area contributed by atoms with Crippen molar-refractivity contribution in [3.05, 3.63) is 54.4 Å². The molecule has 3 saturated heterocycles. The van der Waals surface area contributed by atoms with Crippen LogP contribution in [0, 0.1) is 6.92 Å². The Labute approximate surface area is 263 Å². The summed E-state index contributed by atoms with van der Waals surface area (Å²) in [5, 5.41) is 12.8. The first-order valence-electron chi connectivity index (χ1n) is 15.9. The lowest BCUT2D eigenvalue weighted by molar-refractivity contribution is -0.143. The fraction of sp³-hybridized carbons (Fsp3) is 0.515. The fourth-order valence-electron chi connectivity index (χ4n) is 6.34. The first kappa shape index (κ1) is 31.1. The number of nitrogens with one attached hydrogen (secondary N) is 1. The molecule has 45 heavy (non-hydrogen) atoms. The standard InChI is InChI=1S/C33H42FN7O4/c1-22-19-24(3-8-29(22)45-30-9-12-41(20-28(30)34)32(43)23(2)42)31-35-21-36-33(38-31)37-25-4-6-26(7-5-25)39-13-15-40(16-14-39)27-10-17-44-18-11-27/h3-8,19,21,23,27-28,30,42H,9-18,20H2,1-2H3,(H,35,36,37,38)/t23-,28+,30-/m0/s1.